The van der Waals surface area contributed by atoms with Gasteiger partial charge in [0.1, 0.15) is 0 Å². The average Bonchev–Trinajstić information content (AvgIpc) is 2.63. The molecule has 0 radical (unpaired) electrons. The Morgan fingerprint density at radius 2 is 1.70 bits per heavy atom. The first-order valence-corrected chi connectivity index (χ1v) is 12.2. The van der Waals surface area contributed by atoms with Crippen molar-refractivity contribution in [1.29, 1.82) is 0 Å². The first-order chi connectivity index (χ1) is 12.9. The summed E-state index contributed by atoms with van der Waals surface area (Å²) in [6, 6.07) is 5.67. The maximum absolute atomic E-state index is 12.5. The monoisotopic (exact) mass is 448 g/mol. The molecule has 1 aromatic carbocycles. The molecule has 0 aromatic heterocycles. The summed E-state index contributed by atoms with van der Waals surface area (Å²) < 4.78 is 0. The fourth-order valence-electron chi connectivity index (χ4n) is 3.17. The number of carbonyl (C=O) groups is 1. The van der Waals surface area contributed by atoms with Gasteiger partial charge in [0.05, 0.1) is 15.8 Å². The third-order valence-electron chi connectivity index (χ3n) is 4.78. The number of hydrogen-bond donors (Lipinski definition) is 0. The maximum Gasteiger partial charge on any atom is 0.232 e. The summed E-state index contributed by atoms with van der Waals surface area (Å²) in [4.78, 5) is 17.5. The minimum Gasteiger partial charge on any atom is -0.345 e. The van der Waals surface area contributed by atoms with Crippen LogP contribution in [-0.4, -0.2) is 66.2 Å². The van der Waals surface area contributed by atoms with Gasteiger partial charge in [-0.25, -0.2) is 0 Å². The lowest BCUT2D eigenvalue weighted by Gasteiger charge is -2.31. The summed E-state index contributed by atoms with van der Waals surface area (Å²) >= 11 is 16.3. The fraction of sp³-hybridized carbons (Fsp3) is 0.650. The predicted molar refractivity (Wildman–Crippen MR) is 122 cm³/mol. The topological polar surface area (TPSA) is 23.6 Å². The lowest BCUT2D eigenvalue weighted by Crippen LogP contribution is -2.33. The van der Waals surface area contributed by atoms with Crippen LogP contribution < -0.4 is 0 Å². The number of carbonyl (C=O) groups excluding carboxylic acids is 1. The zero-order chi connectivity index (χ0) is 19.8. The van der Waals surface area contributed by atoms with Crippen molar-refractivity contribution in [2.45, 2.75) is 47.5 Å². The Morgan fingerprint density at radius 1 is 1.07 bits per heavy atom. The number of thioether (sulfide) groups is 2. The SMILES string of the molecule is CN(C)CCCN(C)C(=O)CSC1CCCCC1Sc1c(Cl)cccc1Cl. The molecule has 7 heteroatoms. The molecule has 1 amide bonds. The van der Waals surface area contributed by atoms with Crippen LogP contribution in [0.2, 0.25) is 10.0 Å². The Labute approximate surface area is 182 Å². The van der Waals surface area contributed by atoms with E-state index in [1.54, 1.807) is 23.5 Å². The van der Waals surface area contributed by atoms with Gasteiger partial charge in [0.2, 0.25) is 5.91 Å². The second-order valence-corrected chi connectivity index (χ2v) is 10.6. The van der Waals surface area contributed by atoms with E-state index in [1.807, 2.05) is 30.1 Å². The molecule has 2 unspecified atom stereocenters. The highest BCUT2D eigenvalue weighted by molar-refractivity contribution is 8.04. The molecule has 27 heavy (non-hydrogen) atoms. The van der Waals surface area contributed by atoms with Gasteiger partial charge in [0, 0.05) is 29.0 Å². The van der Waals surface area contributed by atoms with E-state index in [-0.39, 0.29) is 5.91 Å². The van der Waals surface area contributed by atoms with Gasteiger partial charge < -0.3 is 9.80 Å². The van der Waals surface area contributed by atoms with Crippen molar-refractivity contribution in [3.63, 3.8) is 0 Å². The number of halogens is 2. The predicted octanol–water partition coefficient (Wildman–Crippen LogP) is 5.54. The van der Waals surface area contributed by atoms with Gasteiger partial charge in [-0.2, -0.15) is 0 Å². The number of benzene rings is 1. The smallest absolute Gasteiger partial charge is 0.232 e. The van der Waals surface area contributed by atoms with E-state index in [2.05, 4.69) is 19.0 Å². The van der Waals surface area contributed by atoms with E-state index in [9.17, 15) is 4.79 Å². The average molecular weight is 450 g/mol. The van der Waals surface area contributed by atoms with E-state index in [4.69, 9.17) is 23.2 Å². The molecule has 0 heterocycles. The van der Waals surface area contributed by atoms with Crippen LogP contribution >= 0.6 is 46.7 Å². The molecule has 0 bridgehead atoms. The van der Waals surface area contributed by atoms with E-state index in [0.717, 1.165) is 47.3 Å². The van der Waals surface area contributed by atoms with Gasteiger partial charge in [0.15, 0.2) is 0 Å². The van der Waals surface area contributed by atoms with Crippen LogP contribution in [0.1, 0.15) is 32.1 Å². The van der Waals surface area contributed by atoms with Crippen LogP contribution in [-0.2, 0) is 4.79 Å². The van der Waals surface area contributed by atoms with Crippen molar-refractivity contribution in [3.05, 3.63) is 28.2 Å². The van der Waals surface area contributed by atoms with Crippen LogP contribution in [0.3, 0.4) is 0 Å². The van der Waals surface area contributed by atoms with Gasteiger partial charge in [-0.1, -0.05) is 42.1 Å². The molecule has 152 valence electrons. The number of rotatable bonds is 9. The third-order valence-corrected chi connectivity index (χ3v) is 8.75. The number of hydrogen-bond acceptors (Lipinski definition) is 4. The van der Waals surface area contributed by atoms with Crippen molar-refractivity contribution in [2.24, 2.45) is 0 Å². The molecule has 1 fully saturated rings. The molecule has 3 nitrogen and oxygen atoms in total. The van der Waals surface area contributed by atoms with Crippen LogP contribution in [0.25, 0.3) is 0 Å². The van der Waals surface area contributed by atoms with Crippen LogP contribution in [0, 0.1) is 0 Å². The summed E-state index contributed by atoms with van der Waals surface area (Å²) in [5.41, 5.74) is 0. The van der Waals surface area contributed by atoms with Gasteiger partial charge in [-0.05, 0) is 52.0 Å². The lowest BCUT2D eigenvalue weighted by atomic mass is 10.00. The molecule has 1 saturated carbocycles. The van der Waals surface area contributed by atoms with Gasteiger partial charge in [-0.15, -0.1) is 23.5 Å². The minimum absolute atomic E-state index is 0.226. The molecule has 2 atom stereocenters. The maximum atomic E-state index is 12.5. The van der Waals surface area contributed by atoms with Gasteiger partial charge in [0.25, 0.3) is 0 Å². The Kier molecular flexibility index (Phi) is 10.2. The second-order valence-electron chi connectivity index (χ2n) is 7.31. The molecule has 1 aliphatic carbocycles. The minimum atomic E-state index is 0.226. The normalized spacial score (nSPS) is 20.1. The molecule has 1 aromatic rings. The Hall–Kier alpha value is -0.0700. The Bertz CT molecular complexity index is 595. The molecule has 1 aliphatic rings. The molecular weight excluding hydrogens is 419 g/mol. The zero-order valence-electron chi connectivity index (χ0n) is 16.4. The summed E-state index contributed by atoms with van der Waals surface area (Å²) in [6.45, 7) is 1.82. The fourth-order valence-corrected chi connectivity index (χ4v) is 6.74. The van der Waals surface area contributed by atoms with Gasteiger partial charge in [-0.3, -0.25) is 4.79 Å². The van der Waals surface area contributed by atoms with Crippen LogP contribution in [0.5, 0.6) is 0 Å². The highest BCUT2D eigenvalue weighted by atomic mass is 35.5. The Balaban J connectivity index is 1.87. The third kappa shape index (κ3) is 7.69. The van der Waals surface area contributed by atoms with E-state index < -0.39 is 0 Å². The van der Waals surface area contributed by atoms with E-state index >= 15 is 0 Å². The lowest BCUT2D eigenvalue weighted by molar-refractivity contribution is -0.127. The van der Waals surface area contributed by atoms with Crippen molar-refractivity contribution in [1.82, 2.24) is 9.80 Å². The zero-order valence-corrected chi connectivity index (χ0v) is 19.6. The molecular formula is C20H30Cl2N2OS2. The number of amides is 1. The van der Waals surface area contributed by atoms with Crippen molar-refractivity contribution in [3.8, 4) is 0 Å². The summed E-state index contributed by atoms with van der Waals surface area (Å²) in [7, 11) is 6.03. The standard InChI is InChI=1S/C20H30Cl2N2OS2/c1-23(2)12-7-13-24(3)19(25)14-26-17-10-4-5-11-18(17)27-20-15(21)8-6-9-16(20)22/h6,8-9,17-18H,4-5,7,10-14H2,1-3H3. The first-order valence-electron chi connectivity index (χ1n) is 9.49. The van der Waals surface area contributed by atoms with E-state index in [0.29, 0.717) is 16.3 Å². The van der Waals surface area contributed by atoms with Crippen molar-refractivity contribution < 1.29 is 4.79 Å². The summed E-state index contributed by atoms with van der Waals surface area (Å²) in [5, 5.41) is 2.36. The molecule has 0 saturated heterocycles. The van der Waals surface area contributed by atoms with E-state index in [1.165, 1.54) is 12.8 Å². The highest BCUT2D eigenvalue weighted by Crippen LogP contribution is 2.44. The van der Waals surface area contributed by atoms with Crippen LogP contribution in [0.4, 0.5) is 0 Å². The number of nitrogens with zero attached hydrogens (tertiary/aromatic N) is 2. The molecule has 0 N–H and O–H groups in total. The van der Waals surface area contributed by atoms with Crippen LogP contribution in [0.15, 0.2) is 23.1 Å². The molecule has 2 rings (SSSR count). The Morgan fingerprint density at radius 3 is 2.33 bits per heavy atom. The van der Waals surface area contributed by atoms with Crippen molar-refractivity contribution >= 4 is 52.6 Å². The largest absolute Gasteiger partial charge is 0.345 e. The van der Waals surface area contributed by atoms with Crippen molar-refractivity contribution in [2.75, 3.05) is 40.0 Å². The summed E-state index contributed by atoms with van der Waals surface area (Å²) in [6.07, 6.45) is 5.78. The second kappa shape index (κ2) is 11.8. The first kappa shape index (κ1) is 23.2. The molecule has 0 spiro atoms. The quantitative estimate of drug-likeness (QED) is 0.494. The molecule has 0 aliphatic heterocycles. The highest BCUT2D eigenvalue weighted by Gasteiger charge is 2.28. The summed E-state index contributed by atoms with van der Waals surface area (Å²) in [5.74, 6) is 0.778. The van der Waals surface area contributed by atoms with Gasteiger partial charge >= 0.3 is 0 Å².